The number of hydrogen-bond donors (Lipinski definition) is 4. The van der Waals surface area contributed by atoms with Crippen LogP contribution in [0.4, 0.5) is 0 Å². The average molecular weight is 1430 g/mol. The second-order valence-corrected chi connectivity index (χ2v) is 22.5. The third kappa shape index (κ3) is 48.2. The first-order valence-corrected chi connectivity index (χ1v) is 32.3. The van der Waals surface area contributed by atoms with Crippen molar-refractivity contribution in [2.75, 3.05) is 6.61 Å². The molecule has 0 radical (unpaired) electrons. The van der Waals surface area contributed by atoms with E-state index in [0.717, 1.165) is 116 Å². The van der Waals surface area contributed by atoms with Crippen LogP contribution in [0.2, 0.25) is 0 Å². The second-order valence-electron chi connectivity index (χ2n) is 22.5. The van der Waals surface area contributed by atoms with E-state index in [2.05, 4.69) is 57.7 Å². The van der Waals surface area contributed by atoms with Gasteiger partial charge in [0.05, 0.1) is 43.6 Å². The van der Waals surface area contributed by atoms with E-state index in [0.29, 0.717) is 32.1 Å². The van der Waals surface area contributed by atoms with Crippen LogP contribution < -0.4 is 0 Å². The van der Waals surface area contributed by atoms with Crippen LogP contribution in [0.25, 0.3) is 0 Å². The SMILES string of the molecule is C=[C-]CCCCCCC/C=C\C/C=C\C=C\C(CC)C(CC(=O)O)C(=O)O.[CH2-]C(COC(=O)CCCCCCC/C=C\C=C\C(CCCCC)C(CC(=O)O)C(=O)O)OC(=O)CCCCCC/C=C/C(CCCCCCCC)C1CC(=O)OC1=O.[U+2]. The molecule has 0 aromatic heterocycles. The molecule has 1 rings (SSSR count). The largest absolute Gasteiger partial charge is 2.00 e. The van der Waals surface area contributed by atoms with Crippen molar-refractivity contribution in [2.24, 2.45) is 35.5 Å². The molecule has 86 heavy (non-hydrogen) atoms. The number of cyclic esters (lactones) is 2. The molecule has 1 heterocycles. The first-order valence-electron chi connectivity index (χ1n) is 32.3. The van der Waals surface area contributed by atoms with Crippen LogP contribution in [0, 0.1) is 79.6 Å². The molecular weight excluding hydrogens is 1320 g/mol. The van der Waals surface area contributed by atoms with Gasteiger partial charge in [-0.25, -0.2) is 0 Å². The van der Waals surface area contributed by atoms with Crippen molar-refractivity contribution in [2.45, 2.75) is 258 Å². The minimum absolute atomic E-state index is 0. The Bertz CT molecular complexity index is 2040. The number of hydrogen-bond acceptors (Lipinski definition) is 11. The molecule has 0 aromatic carbocycles. The zero-order valence-corrected chi connectivity index (χ0v) is 57.0. The number of ether oxygens (including phenoxy) is 3. The number of aliphatic carboxylic acids is 4. The Labute approximate surface area is 541 Å². The third-order valence-electron chi connectivity index (χ3n) is 15.1. The number of carboxylic acids is 4. The van der Waals surface area contributed by atoms with E-state index in [-0.39, 0.29) is 99.0 Å². The summed E-state index contributed by atoms with van der Waals surface area (Å²) >= 11 is 0. The molecule has 0 amide bonds. The molecule has 484 valence electrons. The number of carbonyl (C=O) groups is 8. The normalized spacial score (nSPS) is 15.6. The minimum Gasteiger partial charge on any atom is -0.504 e. The van der Waals surface area contributed by atoms with Crippen LogP contribution >= 0.6 is 0 Å². The van der Waals surface area contributed by atoms with Gasteiger partial charge < -0.3 is 40.7 Å². The Balaban J connectivity index is 0. The summed E-state index contributed by atoms with van der Waals surface area (Å²) in [7, 11) is 0. The summed E-state index contributed by atoms with van der Waals surface area (Å²) in [5.74, 6) is -8.57. The third-order valence-corrected chi connectivity index (χ3v) is 15.1. The van der Waals surface area contributed by atoms with Gasteiger partial charge in [-0.3, -0.25) is 51.9 Å². The summed E-state index contributed by atoms with van der Waals surface area (Å²) in [4.78, 5) is 93.2. The van der Waals surface area contributed by atoms with E-state index in [9.17, 15) is 48.6 Å². The predicted molar refractivity (Wildman–Crippen MR) is 336 cm³/mol. The van der Waals surface area contributed by atoms with Gasteiger partial charge >= 0.3 is 78.9 Å². The Morgan fingerprint density at radius 2 is 1.07 bits per heavy atom. The maximum absolute atomic E-state index is 12.2. The van der Waals surface area contributed by atoms with Crippen molar-refractivity contribution in [3.8, 4) is 0 Å². The molecule has 7 unspecified atom stereocenters. The van der Waals surface area contributed by atoms with E-state index in [4.69, 9.17) is 24.4 Å². The average Bonchev–Trinajstić information content (AvgIpc) is 3.88. The van der Waals surface area contributed by atoms with E-state index >= 15 is 0 Å². The van der Waals surface area contributed by atoms with Crippen LogP contribution in [0.5, 0.6) is 0 Å². The van der Waals surface area contributed by atoms with Crippen molar-refractivity contribution in [1.82, 2.24) is 0 Å². The maximum Gasteiger partial charge on any atom is 2.00 e. The zero-order valence-electron chi connectivity index (χ0n) is 52.8. The number of esters is 4. The summed E-state index contributed by atoms with van der Waals surface area (Å²) in [6.07, 6.45) is 56.9. The number of allylic oxidation sites excluding steroid dienone is 13. The first-order chi connectivity index (χ1) is 41.0. The van der Waals surface area contributed by atoms with Crippen molar-refractivity contribution in [3.05, 3.63) is 92.5 Å². The van der Waals surface area contributed by atoms with Gasteiger partial charge in [0.2, 0.25) is 0 Å². The fourth-order valence-corrected chi connectivity index (χ4v) is 10.1. The van der Waals surface area contributed by atoms with Gasteiger partial charge in [-0.15, -0.1) is 0 Å². The number of unbranched alkanes of at least 4 members (excludes halogenated alkanes) is 22. The molecule has 4 N–H and O–H groups in total. The minimum atomic E-state index is -1.10. The van der Waals surface area contributed by atoms with Crippen molar-refractivity contribution in [1.29, 1.82) is 0 Å². The Kier molecular flexibility index (Phi) is 56.1. The molecule has 1 aliphatic rings. The van der Waals surface area contributed by atoms with Crippen molar-refractivity contribution < 1.29 is 104 Å². The quantitative estimate of drug-likeness (QED) is 0.00841. The van der Waals surface area contributed by atoms with Gasteiger partial charge in [-0.05, 0) is 94.8 Å². The van der Waals surface area contributed by atoms with E-state index in [1.54, 1.807) is 6.08 Å². The Morgan fingerprint density at radius 3 is 1.63 bits per heavy atom. The zero-order chi connectivity index (χ0) is 63.1. The Hall–Kier alpha value is -4.81. The van der Waals surface area contributed by atoms with Gasteiger partial charge in [-0.2, -0.15) is 6.42 Å². The molecule has 7 atom stereocenters. The topological polar surface area (TPSA) is 245 Å². The summed E-state index contributed by atoms with van der Waals surface area (Å²) in [6.45, 7) is 13.5. The van der Waals surface area contributed by atoms with Gasteiger partial charge in [-0.1, -0.05) is 209 Å². The molecule has 0 spiro atoms. The first kappa shape index (κ1) is 83.3. The van der Waals surface area contributed by atoms with Crippen LogP contribution in [0.15, 0.2) is 79.5 Å². The molecular formula is C70H110O15U. The second kappa shape index (κ2) is 57.9. The fraction of sp³-hybridized carbons (Fsp3) is 0.671. The maximum atomic E-state index is 12.2. The van der Waals surface area contributed by atoms with Crippen LogP contribution in [0.1, 0.15) is 252 Å². The Morgan fingerprint density at radius 1 is 0.581 bits per heavy atom. The monoisotopic (exact) mass is 1430 g/mol. The van der Waals surface area contributed by atoms with Crippen LogP contribution in [-0.4, -0.2) is 80.9 Å². The summed E-state index contributed by atoms with van der Waals surface area (Å²) in [5, 5.41) is 36.8. The van der Waals surface area contributed by atoms with Crippen molar-refractivity contribution in [3.63, 3.8) is 0 Å². The molecule has 0 saturated carbocycles. The molecule has 1 aliphatic heterocycles. The summed E-state index contributed by atoms with van der Waals surface area (Å²) in [6, 6.07) is 0. The van der Waals surface area contributed by atoms with E-state index in [1.165, 1.54) is 57.8 Å². The molecule has 0 aromatic rings. The van der Waals surface area contributed by atoms with E-state index < -0.39 is 53.8 Å². The van der Waals surface area contributed by atoms with Gasteiger partial charge in [0.15, 0.2) is 0 Å². The molecule has 0 aliphatic carbocycles. The van der Waals surface area contributed by atoms with Gasteiger partial charge in [0.1, 0.15) is 0 Å². The van der Waals surface area contributed by atoms with Crippen molar-refractivity contribution >= 4 is 47.8 Å². The fourth-order valence-electron chi connectivity index (χ4n) is 10.1. The smallest absolute Gasteiger partial charge is 0.504 e. The summed E-state index contributed by atoms with van der Waals surface area (Å²) in [5.41, 5.74) is 0. The summed E-state index contributed by atoms with van der Waals surface area (Å²) < 4.78 is 15.4. The van der Waals surface area contributed by atoms with E-state index in [1.807, 2.05) is 49.5 Å². The molecule has 15 nitrogen and oxygen atoms in total. The molecule has 0 bridgehead atoms. The predicted octanol–water partition coefficient (Wildman–Crippen LogP) is 16.8. The molecule has 1 fully saturated rings. The van der Waals surface area contributed by atoms with Crippen LogP contribution in [-0.2, 0) is 52.6 Å². The van der Waals surface area contributed by atoms with Gasteiger partial charge in [0.25, 0.3) is 0 Å². The van der Waals surface area contributed by atoms with Gasteiger partial charge in [0, 0.05) is 18.9 Å². The molecule has 1 saturated heterocycles. The number of rotatable bonds is 54. The number of carboxylic acid groups (broad SMARTS) is 4. The number of carbonyl (C=O) groups excluding carboxylic acids is 4. The standard InChI is InChI=1S/C47H75O11.C23H35O4.U/c1-4-6-8-9-17-24-30-39(41-35-45(52)58-47(41)55)31-25-19-15-16-21-27-33-44(51)57-37(3)36-56-43(50)32-26-20-14-12-10-11-13-18-23-29-38(28-22-7-5-2)40(46(53)54)34-42(48)49;1-3-5-6-7-8-9-10-11-12-13-14-15-16-17-18-20(4-2)21(23(26)27)19-22(24)25;/h13,18,23,25,29,31,37-41H,3-12,14-17,19-22,24,26-28,30,32-36H2,1-2H3,(H,48,49)(H,53,54);12-13,15-18,20-21H,1,4-11,14,19H2,2H3,(H,24,25)(H,26,27);/q2*-1;+2/b18-13-,29-23+,31-25+;13-12-,16-15-,18-17+;. The van der Waals surface area contributed by atoms with Crippen LogP contribution in [0.3, 0.4) is 0 Å². The molecule has 16 heteroatoms.